The summed E-state index contributed by atoms with van der Waals surface area (Å²) in [7, 11) is -7.15. The van der Waals surface area contributed by atoms with Crippen LogP contribution in [-0.2, 0) is 19.7 Å². The molecule has 0 amide bonds. The minimum Gasteiger partial charge on any atom is -0.491 e. The lowest BCUT2D eigenvalue weighted by Gasteiger charge is -2.25. The fourth-order valence-electron chi connectivity index (χ4n) is 4.18. The van der Waals surface area contributed by atoms with Crippen molar-refractivity contribution in [3.8, 4) is 5.75 Å². The molecule has 6 nitrogen and oxygen atoms in total. The minimum absolute atomic E-state index is 0.00409. The van der Waals surface area contributed by atoms with E-state index in [4.69, 9.17) is 4.74 Å². The zero-order valence-corrected chi connectivity index (χ0v) is 18.3. The van der Waals surface area contributed by atoms with Crippen molar-refractivity contribution in [2.24, 2.45) is 0 Å². The van der Waals surface area contributed by atoms with Gasteiger partial charge in [-0.15, -0.1) is 0 Å². The molecule has 2 aliphatic rings. The number of ether oxygens (including phenoxy) is 1. The Bertz CT molecular complexity index is 854. The van der Waals surface area contributed by atoms with Gasteiger partial charge in [0.25, 0.3) is 0 Å². The summed E-state index contributed by atoms with van der Waals surface area (Å²) in [6.45, 7) is 3.80. The van der Waals surface area contributed by atoms with Crippen molar-refractivity contribution in [3.63, 3.8) is 0 Å². The molecule has 0 bridgehead atoms. The van der Waals surface area contributed by atoms with Crippen LogP contribution in [0.1, 0.15) is 52.4 Å². The van der Waals surface area contributed by atoms with Crippen molar-refractivity contribution in [1.82, 2.24) is 5.32 Å². The highest BCUT2D eigenvalue weighted by Crippen LogP contribution is 2.29. The Morgan fingerprint density at radius 1 is 1.00 bits per heavy atom. The van der Waals surface area contributed by atoms with Gasteiger partial charge in [0.2, 0.25) is 0 Å². The molecule has 1 aromatic carbocycles. The maximum atomic E-state index is 13.2. The first-order valence-corrected chi connectivity index (χ1v) is 13.5. The predicted molar refractivity (Wildman–Crippen MR) is 110 cm³/mol. The molecular weight excluding hydrogens is 398 g/mol. The Balaban J connectivity index is 1.81. The SMILES string of the molecule is CC(C)Oc1ccc(S(=O)(=O)[C@H]2CS(=O)(=O)C[C@@H]2NC2CCCCCC2)cc1. The van der Waals surface area contributed by atoms with Gasteiger partial charge in [-0.05, 0) is 51.0 Å². The van der Waals surface area contributed by atoms with E-state index < -0.39 is 31.0 Å². The summed E-state index contributed by atoms with van der Waals surface area (Å²) in [4.78, 5) is 0.151. The molecule has 0 unspecified atom stereocenters. The van der Waals surface area contributed by atoms with Crippen LogP contribution < -0.4 is 10.1 Å². The number of nitrogens with one attached hydrogen (secondary N) is 1. The Labute approximate surface area is 168 Å². The van der Waals surface area contributed by atoms with Crippen LogP contribution in [0.2, 0.25) is 0 Å². The van der Waals surface area contributed by atoms with E-state index >= 15 is 0 Å². The van der Waals surface area contributed by atoms with Crippen LogP contribution in [0.15, 0.2) is 29.2 Å². The Morgan fingerprint density at radius 3 is 2.18 bits per heavy atom. The summed E-state index contributed by atoms with van der Waals surface area (Å²) >= 11 is 0. The zero-order valence-electron chi connectivity index (χ0n) is 16.6. The molecule has 1 aliphatic heterocycles. The van der Waals surface area contributed by atoms with Crippen molar-refractivity contribution in [3.05, 3.63) is 24.3 Å². The van der Waals surface area contributed by atoms with Gasteiger partial charge in [-0.2, -0.15) is 0 Å². The van der Waals surface area contributed by atoms with E-state index in [1.807, 2.05) is 13.8 Å². The number of hydrogen-bond acceptors (Lipinski definition) is 6. The summed E-state index contributed by atoms with van der Waals surface area (Å²) in [6.07, 6.45) is 6.53. The highest BCUT2D eigenvalue weighted by molar-refractivity contribution is 7.96. The molecule has 2 atom stereocenters. The second-order valence-electron chi connectivity index (χ2n) is 8.26. The van der Waals surface area contributed by atoms with Crippen LogP contribution in [0.5, 0.6) is 5.75 Å². The molecule has 1 N–H and O–H groups in total. The molecule has 1 saturated carbocycles. The third-order valence-electron chi connectivity index (χ3n) is 5.53. The van der Waals surface area contributed by atoms with Crippen LogP contribution in [0.3, 0.4) is 0 Å². The Morgan fingerprint density at radius 2 is 1.61 bits per heavy atom. The van der Waals surface area contributed by atoms with Gasteiger partial charge in [0, 0.05) is 12.1 Å². The standard InChI is InChI=1S/C20H31NO5S2/c1-15(2)26-17-9-11-18(12-10-17)28(24,25)20-14-27(22,23)13-19(20)21-16-7-5-3-4-6-8-16/h9-12,15-16,19-21H,3-8,13-14H2,1-2H3/t19-,20-/m0/s1. The van der Waals surface area contributed by atoms with E-state index in [0.717, 1.165) is 25.7 Å². The van der Waals surface area contributed by atoms with Gasteiger partial charge in [-0.25, -0.2) is 16.8 Å². The summed E-state index contributed by atoms with van der Waals surface area (Å²) in [6, 6.07) is 5.93. The third kappa shape index (κ3) is 5.27. The number of rotatable bonds is 6. The van der Waals surface area contributed by atoms with Gasteiger partial charge in [-0.3, -0.25) is 0 Å². The van der Waals surface area contributed by atoms with Gasteiger partial charge in [-0.1, -0.05) is 25.7 Å². The topological polar surface area (TPSA) is 89.5 Å². The molecule has 1 aliphatic carbocycles. The molecule has 8 heteroatoms. The monoisotopic (exact) mass is 429 g/mol. The molecule has 0 spiro atoms. The Kier molecular flexibility index (Phi) is 6.72. The van der Waals surface area contributed by atoms with Crippen LogP contribution >= 0.6 is 0 Å². The second kappa shape index (κ2) is 8.71. The minimum atomic E-state index is -3.76. The molecular formula is C20H31NO5S2. The van der Waals surface area contributed by atoms with Crippen molar-refractivity contribution in [2.75, 3.05) is 11.5 Å². The summed E-state index contributed by atoms with van der Waals surface area (Å²) in [5.74, 6) is 0.174. The number of hydrogen-bond donors (Lipinski definition) is 1. The average molecular weight is 430 g/mol. The van der Waals surface area contributed by atoms with Crippen LogP contribution in [0.4, 0.5) is 0 Å². The van der Waals surface area contributed by atoms with Crippen molar-refractivity contribution in [1.29, 1.82) is 0 Å². The van der Waals surface area contributed by atoms with E-state index in [1.165, 1.54) is 25.0 Å². The molecule has 1 aromatic rings. The van der Waals surface area contributed by atoms with Gasteiger partial charge < -0.3 is 10.1 Å². The molecule has 1 saturated heterocycles. The lowest BCUT2D eigenvalue weighted by atomic mass is 10.1. The maximum absolute atomic E-state index is 13.2. The lowest BCUT2D eigenvalue weighted by Crippen LogP contribution is -2.47. The fraction of sp³-hybridized carbons (Fsp3) is 0.700. The first kappa shape index (κ1) is 21.6. The molecule has 2 fully saturated rings. The first-order valence-electron chi connectivity index (χ1n) is 10.1. The smallest absolute Gasteiger partial charge is 0.183 e. The largest absolute Gasteiger partial charge is 0.491 e. The summed E-state index contributed by atoms with van der Waals surface area (Å²) in [5, 5.41) is 2.45. The molecule has 3 rings (SSSR count). The first-order chi connectivity index (χ1) is 13.2. The number of sulfone groups is 2. The molecule has 0 aromatic heterocycles. The van der Waals surface area contributed by atoms with Crippen molar-refractivity contribution < 1.29 is 21.6 Å². The molecule has 1 heterocycles. The second-order valence-corrected chi connectivity index (χ2v) is 12.6. The molecule has 158 valence electrons. The lowest BCUT2D eigenvalue weighted by molar-refractivity contribution is 0.242. The van der Waals surface area contributed by atoms with Gasteiger partial charge in [0.1, 0.15) is 5.75 Å². The van der Waals surface area contributed by atoms with Crippen LogP contribution in [-0.4, -0.2) is 51.8 Å². The molecule has 0 radical (unpaired) electrons. The molecule has 28 heavy (non-hydrogen) atoms. The summed E-state index contributed by atoms with van der Waals surface area (Å²) < 4.78 is 56.6. The van der Waals surface area contributed by atoms with Gasteiger partial charge in [0.15, 0.2) is 19.7 Å². The highest BCUT2D eigenvalue weighted by Gasteiger charge is 2.46. The predicted octanol–water partition coefficient (Wildman–Crippen LogP) is 2.73. The van der Waals surface area contributed by atoms with E-state index in [1.54, 1.807) is 12.1 Å². The quantitative estimate of drug-likeness (QED) is 0.700. The normalized spacial score (nSPS) is 26.2. The van der Waals surface area contributed by atoms with Crippen LogP contribution in [0, 0.1) is 0 Å². The van der Waals surface area contributed by atoms with E-state index in [2.05, 4.69) is 5.32 Å². The highest BCUT2D eigenvalue weighted by atomic mass is 32.2. The van der Waals surface area contributed by atoms with Crippen LogP contribution in [0.25, 0.3) is 0 Å². The van der Waals surface area contributed by atoms with E-state index in [-0.39, 0.29) is 28.5 Å². The summed E-state index contributed by atoms with van der Waals surface area (Å²) in [5.41, 5.74) is 0. The average Bonchev–Trinajstić information content (AvgIpc) is 2.77. The van der Waals surface area contributed by atoms with Gasteiger partial charge in [0.05, 0.1) is 27.8 Å². The number of benzene rings is 1. The van der Waals surface area contributed by atoms with Gasteiger partial charge >= 0.3 is 0 Å². The third-order valence-corrected chi connectivity index (χ3v) is 9.69. The zero-order chi connectivity index (χ0) is 20.4. The maximum Gasteiger partial charge on any atom is 0.183 e. The fourth-order valence-corrected chi connectivity index (χ4v) is 8.86. The Hall–Kier alpha value is -1.12. The van der Waals surface area contributed by atoms with E-state index in [9.17, 15) is 16.8 Å². The van der Waals surface area contributed by atoms with Crippen molar-refractivity contribution >= 4 is 19.7 Å². The van der Waals surface area contributed by atoms with Crippen molar-refractivity contribution in [2.45, 2.75) is 80.7 Å². The van der Waals surface area contributed by atoms with E-state index in [0.29, 0.717) is 5.75 Å².